The summed E-state index contributed by atoms with van der Waals surface area (Å²) in [6.45, 7) is 10.3. The molecule has 1 aliphatic carbocycles. The van der Waals surface area contributed by atoms with Crippen LogP contribution in [0.25, 0.3) is 0 Å². The Morgan fingerprint density at radius 3 is 2.39 bits per heavy atom. The Hall–Kier alpha value is 0.140. The molecule has 0 saturated heterocycles. The first kappa shape index (κ1) is 14.5. The van der Waals surface area contributed by atoms with Crippen molar-refractivity contribution in [2.75, 3.05) is 6.54 Å². The van der Waals surface area contributed by atoms with E-state index in [2.05, 4.69) is 61.1 Å². The van der Waals surface area contributed by atoms with Gasteiger partial charge in [-0.3, -0.25) is 0 Å². The summed E-state index contributed by atoms with van der Waals surface area (Å²) in [6, 6.07) is 4.44. The van der Waals surface area contributed by atoms with Crippen molar-refractivity contribution >= 4 is 27.3 Å². The lowest BCUT2D eigenvalue weighted by Gasteiger charge is -2.34. The average Bonchev–Trinajstić information content (AvgIpc) is 3.01. The summed E-state index contributed by atoms with van der Waals surface area (Å²) < 4.78 is 1.25. The molecule has 1 saturated carbocycles. The van der Waals surface area contributed by atoms with Gasteiger partial charge < -0.3 is 5.32 Å². The molecule has 1 nitrogen and oxygen atoms in total. The Kier molecular flexibility index (Phi) is 4.25. The van der Waals surface area contributed by atoms with Crippen LogP contribution in [0.15, 0.2) is 15.9 Å². The zero-order valence-electron chi connectivity index (χ0n) is 11.8. The molecule has 1 aromatic rings. The molecule has 3 heteroatoms. The first-order valence-corrected chi connectivity index (χ1v) is 8.39. The van der Waals surface area contributed by atoms with E-state index < -0.39 is 0 Å². The van der Waals surface area contributed by atoms with E-state index in [1.807, 2.05) is 11.3 Å². The van der Waals surface area contributed by atoms with Crippen LogP contribution in [0.4, 0.5) is 0 Å². The minimum Gasteiger partial charge on any atom is -0.312 e. The summed E-state index contributed by atoms with van der Waals surface area (Å²) in [6.07, 6.45) is 4.03. The zero-order chi connectivity index (χ0) is 13.4. The second kappa shape index (κ2) is 5.26. The predicted octanol–water partition coefficient (Wildman–Crippen LogP) is 4.86. The van der Waals surface area contributed by atoms with E-state index in [9.17, 15) is 0 Å². The minimum atomic E-state index is 0.214. The first-order valence-electron chi connectivity index (χ1n) is 6.78. The summed E-state index contributed by atoms with van der Waals surface area (Å²) in [5, 5.41) is 3.70. The molecule has 1 unspecified atom stereocenters. The lowest BCUT2D eigenvalue weighted by atomic mass is 9.80. The normalized spacial score (nSPS) is 19.8. The molecule has 0 radical (unpaired) electrons. The molecule has 0 aromatic carbocycles. The van der Waals surface area contributed by atoms with Gasteiger partial charge in [0.1, 0.15) is 0 Å². The summed E-state index contributed by atoms with van der Waals surface area (Å²) >= 11 is 5.45. The smallest absolute Gasteiger partial charge is 0.0701 e. The van der Waals surface area contributed by atoms with Crippen molar-refractivity contribution in [1.29, 1.82) is 0 Å². The summed E-state index contributed by atoms with van der Waals surface area (Å²) in [7, 11) is 0. The molecule has 1 aliphatic rings. The van der Waals surface area contributed by atoms with E-state index in [0.717, 1.165) is 12.5 Å². The van der Waals surface area contributed by atoms with Crippen molar-refractivity contribution in [2.24, 2.45) is 11.3 Å². The van der Waals surface area contributed by atoms with Crippen LogP contribution in [0.5, 0.6) is 0 Å². The second-order valence-corrected chi connectivity index (χ2v) is 9.46. The highest BCUT2D eigenvalue weighted by Gasteiger charge is 2.41. The Bertz CT molecular complexity index is 403. The van der Waals surface area contributed by atoms with Crippen LogP contribution in [0.1, 0.15) is 45.4 Å². The average molecular weight is 330 g/mol. The van der Waals surface area contributed by atoms with Gasteiger partial charge in [0, 0.05) is 17.0 Å². The number of hydrogen-bond acceptors (Lipinski definition) is 2. The van der Waals surface area contributed by atoms with Gasteiger partial charge in [0.15, 0.2) is 0 Å². The van der Waals surface area contributed by atoms with E-state index in [1.165, 1.54) is 27.9 Å². The van der Waals surface area contributed by atoms with Gasteiger partial charge in [0.2, 0.25) is 0 Å². The molecule has 1 aromatic heterocycles. The molecule has 1 N–H and O–H groups in total. The molecule has 0 amide bonds. The Balaban J connectivity index is 2.02. The maximum Gasteiger partial charge on any atom is 0.0701 e. The molecule has 2 rings (SSSR count). The molecule has 18 heavy (non-hydrogen) atoms. The van der Waals surface area contributed by atoms with Crippen molar-refractivity contribution in [3.05, 3.63) is 20.8 Å². The quantitative estimate of drug-likeness (QED) is 0.813. The third-order valence-corrected chi connectivity index (χ3v) is 5.42. The largest absolute Gasteiger partial charge is 0.312 e. The standard InChI is InChI=1S/C15H24BrNS/c1-14(2,3)17-10-15(4,11-5-6-11)9-12-7-8-13(16)18-12/h7-8,11,17H,5-6,9-10H2,1-4H3. The monoisotopic (exact) mass is 329 g/mol. The number of hydrogen-bond donors (Lipinski definition) is 1. The van der Waals surface area contributed by atoms with E-state index in [4.69, 9.17) is 0 Å². The van der Waals surface area contributed by atoms with Crippen molar-refractivity contribution in [3.8, 4) is 0 Å². The van der Waals surface area contributed by atoms with E-state index in [0.29, 0.717) is 5.41 Å². The SMILES string of the molecule is CC(C)(C)NCC(C)(Cc1ccc(Br)s1)C1CC1. The van der Waals surface area contributed by atoms with Gasteiger partial charge in [-0.25, -0.2) is 0 Å². The topological polar surface area (TPSA) is 12.0 Å². The summed E-state index contributed by atoms with van der Waals surface area (Å²) in [4.78, 5) is 1.51. The van der Waals surface area contributed by atoms with Crippen LogP contribution in [0.3, 0.4) is 0 Å². The fraction of sp³-hybridized carbons (Fsp3) is 0.733. The van der Waals surface area contributed by atoms with Crippen LogP contribution in [-0.4, -0.2) is 12.1 Å². The highest BCUT2D eigenvalue weighted by molar-refractivity contribution is 9.11. The number of rotatable bonds is 5. The highest BCUT2D eigenvalue weighted by Crippen LogP contribution is 2.48. The van der Waals surface area contributed by atoms with E-state index in [1.54, 1.807) is 0 Å². The minimum absolute atomic E-state index is 0.214. The molecule has 1 heterocycles. The van der Waals surface area contributed by atoms with Crippen LogP contribution in [-0.2, 0) is 6.42 Å². The molecule has 1 fully saturated rings. The Morgan fingerprint density at radius 2 is 1.94 bits per heavy atom. The van der Waals surface area contributed by atoms with Crippen LogP contribution >= 0.6 is 27.3 Å². The van der Waals surface area contributed by atoms with Crippen molar-refractivity contribution < 1.29 is 0 Å². The van der Waals surface area contributed by atoms with Crippen molar-refractivity contribution in [3.63, 3.8) is 0 Å². The zero-order valence-corrected chi connectivity index (χ0v) is 14.2. The second-order valence-electron chi connectivity index (χ2n) is 6.91. The first-order chi connectivity index (χ1) is 8.28. The van der Waals surface area contributed by atoms with Gasteiger partial charge in [-0.1, -0.05) is 6.92 Å². The maximum atomic E-state index is 3.70. The van der Waals surface area contributed by atoms with Crippen LogP contribution in [0.2, 0.25) is 0 Å². The van der Waals surface area contributed by atoms with Gasteiger partial charge >= 0.3 is 0 Å². The fourth-order valence-electron chi connectivity index (χ4n) is 2.44. The molecule has 0 bridgehead atoms. The number of halogens is 1. The van der Waals surface area contributed by atoms with Gasteiger partial charge in [-0.05, 0) is 79.4 Å². The third kappa shape index (κ3) is 4.07. The van der Waals surface area contributed by atoms with Gasteiger partial charge in [-0.15, -0.1) is 11.3 Å². The third-order valence-electron chi connectivity index (χ3n) is 3.79. The van der Waals surface area contributed by atoms with Gasteiger partial charge in [0.25, 0.3) is 0 Å². The van der Waals surface area contributed by atoms with Crippen molar-refractivity contribution in [2.45, 2.75) is 52.5 Å². The Labute approximate surface area is 123 Å². The lowest BCUT2D eigenvalue weighted by Crippen LogP contribution is -2.44. The Morgan fingerprint density at radius 1 is 1.28 bits per heavy atom. The molecule has 102 valence electrons. The van der Waals surface area contributed by atoms with Gasteiger partial charge in [-0.2, -0.15) is 0 Å². The lowest BCUT2D eigenvalue weighted by molar-refractivity contribution is 0.229. The van der Waals surface area contributed by atoms with Crippen molar-refractivity contribution in [1.82, 2.24) is 5.32 Å². The van der Waals surface area contributed by atoms with E-state index >= 15 is 0 Å². The van der Waals surface area contributed by atoms with Crippen LogP contribution in [0, 0.1) is 11.3 Å². The summed E-state index contributed by atoms with van der Waals surface area (Å²) in [5.41, 5.74) is 0.629. The van der Waals surface area contributed by atoms with Crippen LogP contribution < -0.4 is 5.32 Å². The highest BCUT2D eigenvalue weighted by atomic mass is 79.9. The molecule has 0 aliphatic heterocycles. The van der Waals surface area contributed by atoms with Gasteiger partial charge in [0.05, 0.1) is 3.79 Å². The number of thiophene rings is 1. The molecular weight excluding hydrogens is 306 g/mol. The maximum absolute atomic E-state index is 3.70. The molecular formula is C15H24BrNS. The number of nitrogens with one attached hydrogen (secondary N) is 1. The summed E-state index contributed by atoms with van der Waals surface area (Å²) in [5.74, 6) is 0.910. The van der Waals surface area contributed by atoms with E-state index in [-0.39, 0.29) is 5.54 Å². The molecule has 0 spiro atoms. The molecule has 1 atom stereocenters. The fourth-order valence-corrected chi connectivity index (χ4v) is 4.12. The predicted molar refractivity (Wildman–Crippen MR) is 84.3 cm³/mol.